The predicted octanol–water partition coefficient (Wildman–Crippen LogP) is 3.89. The van der Waals surface area contributed by atoms with Crippen LogP contribution in [-0.2, 0) is 13.7 Å². The second kappa shape index (κ2) is 10.4. The summed E-state index contributed by atoms with van der Waals surface area (Å²) >= 11 is 3.77. The van der Waals surface area contributed by atoms with E-state index in [1.54, 1.807) is 14.0 Å². The maximum atomic E-state index is 12.3. The van der Waals surface area contributed by atoms with Crippen LogP contribution in [-0.4, -0.2) is 41.6 Å². The van der Waals surface area contributed by atoms with Crippen LogP contribution in [0.4, 0.5) is 5.69 Å². The highest BCUT2D eigenvalue weighted by atomic mass is 32.2. The molecule has 0 aromatic heterocycles. The van der Waals surface area contributed by atoms with Gasteiger partial charge in [-0.05, 0) is 49.7 Å². The lowest BCUT2D eigenvalue weighted by Crippen LogP contribution is -2.35. The quantitative estimate of drug-likeness (QED) is 0.550. The summed E-state index contributed by atoms with van der Waals surface area (Å²) in [5.74, 6) is 1.96. The number of rotatable bonds is 9. The van der Waals surface area contributed by atoms with E-state index < -0.39 is 12.0 Å². The molecule has 0 spiro atoms. The van der Waals surface area contributed by atoms with Gasteiger partial charge < -0.3 is 20.9 Å². The standard InChI is InChI=1S/C20H30N2O4S2/c1-13(6-4-7-18(23)24)20(27-10-5-11-28-20)16-9-8-15(26-3)12-17(16)22-19(25)14(2)21/h8-9,12-14H,4-7,10-11,21H2,1-3H3,(H,22,25)(H,23,24)/t13-,14?/m1/s1. The molecule has 1 aromatic rings. The molecule has 1 unspecified atom stereocenters. The normalized spacial score (nSPS) is 18.1. The molecule has 1 aromatic carbocycles. The molecule has 4 N–H and O–H groups in total. The van der Waals surface area contributed by atoms with Crippen LogP contribution in [0.15, 0.2) is 18.2 Å². The first-order valence-electron chi connectivity index (χ1n) is 9.55. The molecule has 1 heterocycles. The van der Waals surface area contributed by atoms with Crippen molar-refractivity contribution in [3.05, 3.63) is 23.8 Å². The minimum Gasteiger partial charge on any atom is -0.497 e. The van der Waals surface area contributed by atoms with Crippen LogP contribution in [0.25, 0.3) is 0 Å². The van der Waals surface area contributed by atoms with Crippen molar-refractivity contribution in [3.8, 4) is 5.75 Å². The summed E-state index contributed by atoms with van der Waals surface area (Å²) < 4.78 is 5.12. The number of carbonyl (C=O) groups excluding carboxylic acids is 1. The molecule has 8 heteroatoms. The van der Waals surface area contributed by atoms with E-state index in [-0.39, 0.29) is 22.3 Å². The number of methoxy groups -OCH3 is 1. The van der Waals surface area contributed by atoms with Gasteiger partial charge in [0, 0.05) is 23.7 Å². The maximum Gasteiger partial charge on any atom is 0.303 e. The molecule has 6 nitrogen and oxygen atoms in total. The number of carboxylic acids is 1. The molecule has 0 aliphatic carbocycles. The number of ether oxygens (including phenoxy) is 1. The lowest BCUT2D eigenvalue weighted by Gasteiger charge is -2.42. The maximum absolute atomic E-state index is 12.3. The number of hydrogen-bond donors (Lipinski definition) is 3. The molecule has 28 heavy (non-hydrogen) atoms. The number of aliphatic carboxylic acids is 1. The third kappa shape index (κ3) is 5.58. The number of nitrogens with one attached hydrogen (secondary N) is 1. The Morgan fingerprint density at radius 1 is 1.32 bits per heavy atom. The molecule has 1 fully saturated rings. The molecule has 2 atom stereocenters. The average Bonchev–Trinajstić information content (AvgIpc) is 2.67. The summed E-state index contributed by atoms with van der Waals surface area (Å²) in [6, 6.07) is 5.17. The van der Waals surface area contributed by atoms with Gasteiger partial charge in [-0.25, -0.2) is 0 Å². The fraction of sp³-hybridized carbons (Fsp3) is 0.600. The summed E-state index contributed by atoms with van der Waals surface area (Å²) in [7, 11) is 1.60. The molecule has 1 saturated heterocycles. The van der Waals surface area contributed by atoms with Crippen molar-refractivity contribution in [2.45, 2.75) is 49.7 Å². The van der Waals surface area contributed by atoms with E-state index in [0.717, 1.165) is 29.9 Å². The summed E-state index contributed by atoms with van der Waals surface area (Å²) in [5.41, 5.74) is 7.52. The van der Waals surface area contributed by atoms with Crippen LogP contribution in [0.3, 0.4) is 0 Å². The third-order valence-electron chi connectivity index (χ3n) is 4.87. The number of amides is 1. The van der Waals surface area contributed by atoms with Gasteiger partial charge in [-0.15, -0.1) is 23.5 Å². The highest BCUT2D eigenvalue weighted by molar-refractivity contribution is 8.18. The summed E-state index contributed by atoms with van der Waals surface area (Å²) in [4.78, 5) is 23.2. The first kappa shape index (κ1) is 22.9. The van der Waals surface area contributed by atoms with E-state index >= 15 is 0 Å². The molecular formula is C20H30N2O4S2. The molecule has 0 bridgehead atoms. The summed E-state index contributed by atoms with van der Waals surface area (Å²) in [6.07, 6.45) is 2.75. The first-order valence-corrected chi connectivity index (χ1v) is 11.5. The Bertz CT molecular complexity index is 691. The SMILES string of the molecule is COc1ccc(C2([C@H](C)CCCC(=O)O)SCCCS2)c(NC(=O)C(C)N)c1. The van der Waals surface area contributed by atoms with Gasteiger partial charge >= 0.3 is 5.97 Å². The Balaban J connectivity index is 2.41. The van der Waals surface area contributed by atoms with Crippen molar-refractivity contribution >= 4 is 41.1 Å². The van der Waals surface area contributed by atoms with Crippen LogP contribution < -0.4 is 15.8 Å². The van der Waals surface area contributed by atoms with E-state index in [4.69, 9.17) is 15.6 Å². The molecule has 1 amide bonds. The van der Waals surface area contributed by atoms with Gasteiger partial charge in [-0.1, -0.05) is 13.0 Å². The van der Waals surface area contributed by atoms with E-state index in [2.05, 4.69) is 12.2 Å². The molecule has 2 rings (SSSR count). The Labute approximate surface area is 175 Å². The van der Waals surface area contributed by atoms with Gasteiger partial charge in [0.05, 0.1) is 17.2 Å². The van der Waals surface area contributed by atoms with Crippen molar-refractivity contribution in [1.82, 2.24) is 0 Å². The predicted molar refractivity (Wildman–Crippen MR) is 117 cm³/mol. The summed E-state index contributed by atoms with van der Waals surface area (Å²) in [6.45, 7) is 3.83. The molecule has 1 aliphatic rings. The first-order chi connectivity index (χ1) is 13.3. The van der Waals surface area contributed by atoms with Crippen molar-refractivity contribution in [2.24, 2.45) is 11.7 Å². The second-order valence-corrected chi connectivity index (χ2v) is 10.0. The second-order valence-electron chi connectivity index (χ2n) is 7.09. The molecule has 1 aliphatic heterocycles. The van der Waals surface area contributed by atoms with E-state index in [1.807, 2.05) is 41.7 Å². The van der Waals surface area contributed by atoms with Crippen molar-refractivity contribution in [2.75, 3.05) is 23.9 Å². The highest BCUT2D eigenvalue weighted by Gasteiger charge is 2.42. The Hall–Kier alpha value is -1.38. The van der Waals surface area contributed by atoms with E-state index in [0.29, 0.717) is 17.9 Å². The van der Waals surface area contributed by atoms with Gasteiger partial charge in [0.2, 0.25) is 5.91 Å². The lowest BCUT2D eigenvalue weighted by molar-refractivity contribution is -0.137. The van der Waals surface area contributed by atoms with Crippen LogP contribution in [0.2, 0.25) is 0 Å². The number of thioether (sulfide) groups is 2. The van der Waals surface area contributed by atoms with Gasteiger partial charge in [-0.2, -0.15) is 0 Å². The minimum atomic E-state index is -0.764. The largest absolute Gasteiger partial charge is 0.497 e. The Morgan fingerprint density at radius 2 is 2.00 bits per heavy atom. The van der Waals surface area contributed by atoms with E-state index in [9.17, 15) is 9.59 Å². The van der Waals surface area contributed by atoms with Crippen molar-refractivity contribution < 1.29 is 19.4 Å². The van der Waals surface area contributed by atoms with Gasteiger partial charge in [0.15, 0.2) is 0 Å². The van der Waals surface area contributed by atoms with Crippen LogP contribution in [0.1, 0.15) is 45.1 Å². The number of hydrogen-bond acceptors (Lipinski definition) is 6. The number of carboxylic acid groups (broad SMARTS) is 1. The Morgan fingerprint density at radius 3 is 2.57 bits per heavy atom. The number of carbonyl (C=O) groups is 2. The highest BCUT2D eigenvalue weighted by Crippen LogP contribution is 2.58. The number of anilines is 1. The Kier molecular flexibility index (Phi) is 8.52. The topological polar surface area (TPSA) is 102 Å². The van der Waals surface area contributed by atoms with Gasteiger partial charge in [0.1, 0.15) is 5.75 Å². The van der Waals surface area contributed by atoms with Gasteiger partial charge in [-0.3, -0.25) is 9.59 Å². The van der Waals surface area contributed by atoms with Crippen LogP contribution >= 0.6 is 23.5 Å². The van der Waals surface area contributed by atoms with Crippen LogP contribution in [0.5, 0.6) is 5.75 Å². The fourth-order valence-corrected chi connectivity index (χ4v) is 6.98. The molecule has 156 valence electrons. The monoisotopic (exact) mass is 426 g/mol. The molecule has 0 saturated carbocycles. The summed E-state index contributed by atoms with van der Waals surface area (Å²) in [5, 5.41) is 12.0. The zero-order chi connectivity index (χ0) is 20.7. The molecular weight excluding hydrogens is 396 g/mol. The van der Waals surface area contributed by atoms with E-state index in [1.165, 1.54) is 0 Å². The number of benzene rings is 1. The third-order valence-corrected chi connectivity index (χ3v) is 8.67. The van der Waals surface area contributed by atoms with Gasteiger partial charge in [0.25, 0.3) is 0 Å². The van der Waals surface area contributed by atoms with Crippen molar-refractivity contribution in [1.29, 1.82) is 0 Å². The average molecular weight is 427 g/mol. The lowest BCUT2D eigenvalue weighted by atomic mass is 9.93. The smallest absolute Gasteiger partial charge is 0.303 e. The zero-order valence-electron chi connectivity index (χ0n) is 16.7. The van der Waals surface area contributed by atoms with Crippen molar-refractivity contribution in [3.63, 3.8) is 0 Å². The fourth-order valence-electron chi connectivity index (χ4n) is 3.31. The minimum absolute atomic E-state index is 0.173. The number of nitrogens with two attached hydrogens (primary N) is 1. The molecule has 0 radical (unpaired) electrons. The van der Waals surface area contributed by atoms with Crippen LogP contribution in [0, 0.1) is 5.92 Å². The zero-order valence-corrected chi connectivity index (χ0v) is 18.3.